The maximum Gasteiger partial charge on any atom is 0.191 e. The van der Waals surface area contributed by atoms with Gasteiger partial charge in [-0.3, -0.25) is 0 Å². The Balaban J connectivity index is 0.00000261. The minimum absolute atomic E-state index is 0. The number of fused-ring (bicyclic) bond motifs is 1. The van der Waals surface area contributed by atoms with E-state index >= 15 is 0 Å². The number of aromatic nitrogens is 3. The number of rotatable bonds is 6. The van der Waals surface area contributed by atoms with E-state index in [0.29, 0.717) is 6.54 Å². The molecule has 0 amide bonds. The molecule has 0 aliphatic carbocycles. The molecule has 0 saturated carbocycles. The van der Waals surface area contributed by atoms with E-state index in [1.165, 1.54) is 19.3 Å². The molecule has 2 heterocycles. The van der Waals surface area contributed by atoms with Gasteiger partial charge in [0.25, 0.3) is 0 Å². The summed E-state index contributed by atoms with van der Waals surface area (Å²) < 4.78 is 2.29. The Morgan fingerprint density at radius 3 is 2.85 bits per heavy atom. The third kappa shape index (κ3) is 6.34. The first-order chi connectivity index (χ1) is 12.8. The van der Waals surface area contributed by atoms with Crippen molar-refractivity contribution in [2.75, 3.05) is 13.1 Å². The summed E-state index contributed by atoms with van der Waals surface area (Å²) in [5.41, 5.74) is 1.02. The van der Waals surface area contributed by atoms with Gasteiger partial charge in [0, 0.05) is 37.5 Å². The molecule has 0 fully saturated rings. The molecule has 8 heteroatoms. The summed E-state index contributed by atoms with van der Waals surface area (Å²) in [6, 6.07) is 7.80. The molecule has 0 atom stereocenters. The first-order valence-electron chi connectivity index (χ1n) is 9.44. The van der Waals surface area contributed by atoms with Gasteiger partial charge in [-0.05, 0) is 31.4 Å². The lowest BCUT2D eigenvalue weighted by molar-refractivity contribution is 0.600. The Morgan fingerprint density at radius 1 is 1.19 bits per heavy atom. The van der Waals surface area contributed by atoms with Crippen LogP contribution in [-0.2, 0) is 25.9 Å². The largest absolute Gasteiger partial charge is 0.357 e. The van der Waals surface area contributed by atoms with E-state index in [0.717, 1.165) is 60.7 Å². The lowest BCUT2D eigenvalue weighted by atomic mass is 10.2. The molecule has 27 heavy (non-hydrogen) atoms. The monoisotopic (exact) mass is 502 g/mol. The maximum atomic E-state index is 6.21. The molecular formula is C19H28ClIN6. The number of nitrogens with one attached hydrogen (secondary N) is 2. The summed E-state index contributed by atoms with van der Waals surface area (Å²) in [6.45, 7) is 5.24. The smallest absolute Gasteiger partial charge is 0.191 e. The van der Waals surface area contributed by atoms with Gasteiger partial charge in [-0.2, -0.15) is 0 Å². The molecular weight excluding hydrogens is 475 g/mol. The van der Waals surface area contributed by atoms with Crippen molar-refractivity contribution >= 4 is 41.5 Å². The Bertz CT molecular complexity index is 746. The maximum absolute atomic E-state index is 6.21. The van der Waals surface area contributed by atoms with Crippen LogP contribution in [0.3, 0.4) is 0 Å². The number of benzene rings is 1. The molecule has 1 aliphatic heterocycles. The molecule has 1 aromatic carbocycles. The average Bonchev–Trinajstić information content (AvgIpc) is 2.87. The van der Waals surface area contributed by atoms with Crippen LogP contribution in [0.5, 0.6) is 0 Å². The predicted molar refractivity (Wildman–Crippen MR) is 121 cm³/mol. The molecule has 0 unspecified atom stereocenters. The van der Waals surface area contributed by atoms with Crippen molar-refractivity contribution in [3.05, 3.63) is 46.5 Å². The number of guanidine groups is 1. The van der Waals surface area contributed by atoms with Gasteiger partial charge in [0.15, 0.2) is 5.96 Å². The number of hydrogen-bond donors (Lipinski definition) is 2. The summed E-state index contributed by atoms with van der Waals surface area (Å²) in [7, 11) is 0. The molecule has 2 aromatic rings. The van der Waals surface area contributed by atoms with Gasteiger partial charge >= 0.3 is 0 Å². The molecule has 6 nitrogen and oxygen atoms in total. The first-order valence-corrected chi connectivity index (χ1v) is 9.82. The van der Waals surface area contributed by atoms with Crippen molar-refractivity contribution in [2.45, 2.75) is 52.1 Å². The number of halogens is 2. The molecule has 0 spiro atoms. The van der Waals surface area contributed by atoms with Crippen LogP contribution in [0.1, 0.15) is 43.4 Å². The van der Waals surface area contributed by atoms with Crippen molar-refractivity contribution in [1.82, 2.24) is 25.4 Å². The molecule has 0 saturated heterocycles. The van der Waals surface area contributed by atoms with Crippen LogP contribution in [-0.4, -0.2) is 33.8 Å². The molecule has 1 aromatic heterocycles. The SMILES string of the molecule is CCNC(=NCc1ccccc1Cl)NCCc1nnc2n1CCCCC2.I. The van der Waals surface area contributed by atoms with Crippen molar-refractivity contribution in [1.29, 1.82) is 0 Å². The van der Waals surface area contributed by atoms with Gasteiger partial charge in [-0.15, -0.1) is 34.2 Å². The summed E-state index contributed by atoms with van der Waals surface area (Å²) >= 11 is 6.21. The van der Waals surface area contributed by atoms with E-state index in [1.54, 1.807) is 0 Å². The number of aliphatic imine (C=N–C) groups is 1. The molecule has 1 aliphatic rings. The number of hydrogen-bond acceptors (Lipinski definition) is 3. The fourth-order valence-corrected chi connectivity index (χ4v) is 3.35. The van der Waals surface area contributed by atoms with Crippen LogP contribution in [0.25, 0.3) is 0 Å². The second-order valence-electron chi connectivity index (χ2n) is 6.46. The van der Waals surface area contributed by atoms with Crippen LogP contribution in [0.15, 0.2) is 29.3 Å². The molecule has 0 radical (unpaired) electrons. The summed E-state index contributed by atoms with van der Waals surface area (Å²) in [5.74, 6) is 3.00. The van der Waals surface area contributed by atoms with Gasteiger partial charge in [-0.1, -0.05) is 36.2 Å². The Morgan fingerprint density at radius 2 is 2.04 bits per heavy atom. The minimum atomic E-state index is 0. The van der Waals surface area contributed by atoms with Gasteiger partial charge in [0.2, 0.25) is 0 Å². The quantitative estimate of drug-likeness (QED) is 0.360. The molecule has 3 rings (SSSR count). The number of aryl methyl sites for hydroxylation is 1. The third-order valence-electron chi connectivity index (χ3n) is 4.54. The van der Waals surface area contributed by atoms with Gasteiger partial charge in [0.1, 0.15) is 11.6 Å². The molecule has 0 bridgehead atoms. The van der Waals surface area contributed by atoms with Gasteiger partial charge in [0.05, 0.1) is 6.54 Å². The summed E-state index contributed by atoms with van der Waals surface area (Å²) in [6.07, 6.45) is 5.59. The van der Waals surface area contributed by atoms with Crippen molar-refractivity contribution in [2.24, 2.45) is 4.99 Å². The van der Waals surface area contributed by atoms with Gasteiger partial charge < -0.3 is 15.2 Å². The zero-order valence-corrected chi connectivity index (χ0v) is 18.8. The second-order valence-corrected chi connectivity index (χ2v) is 6.87. The van der Waals surface area contributed by atoms with Crippen molar-refractivity contribution in [3.8, 4) is 0 Å². The topological polar surface area (TPSA) is 67.1 Å². The second kappa shape index (κ2) is 11.5. The van der Waals surface area contributed by atoms with Crippen LogP contribution >= 0.6 is 35.6 Å². The van der Waals surface area contributed by atoms with E-state index in [9.17, 15) is 0 Å². The summed E-state index contributed by atoms with van der Waals surface area (Å²) in [5, 5.41) is 16.2. The lowest BCUT2D eigenvalue weighted by Gasteiger charge is -2.12. The Kier molecular flexibility index (Phi) is 9.33. The normalized spacial score (nSPS) is 14.1. The van der Waals surface area contributed by atoms with E-state index in [-0.39, 0.29) is 24.0 Å². The van der Waals surface area contributed by atoms with E-state index in [4.69, 9.17) is 11.6 Å². The highest BCUT2D eigenvalue weighted by molar-refractivity contribution is 14.0. The van der Waals surface area contributed by atoms with Crippen LogP contribution in [0.4, 0.5) is 0 Å². The van der Waals surface area contributed by atoms with Crippen LogP contribution in [0, 0.1) is 0 Å². The molecule has 148 valence electrons. The Labute approximate surface area is 183 Å². The van der Waals surface area contributed by atoms with Crippen molar-refractivity contribution < 1.29 is 0 Å². The third-order valence-corrected chi connectivity index (χ3v) is 4.91. The van der Waals surface area contributed by atoms with Gasteiger partial charge in [-0.25, -0.2) is 4.99 Å². The summed E-state index contributed by atoms with van der Waals surface area (Å²) in [4.78, 5) is 4.63. The fraction of sp³-hybridized carbons (Fsp3) is 0.526. The van der Waals surface area contributed by atoms with E-state index in [2.05, 4.69) is 37.3 Å². The zero-order valence-electron chi connectivity index (χ0n) is 15.7. The van der Waals surface area contributed by atoms with E-state index in [1.807, 2.05) is 24.3 Å². The predicted octanol–water partition coefficient (Wildman–Crippen LogP) is 3.57. The first kappa shape index (κ1) is 21.9. The van der Waals surface area contributed by atoms with Crippen molar-refractivity contribution in [3.63, 3.8) is 0 Å². The highest BCUT2D eigenvalue weighted by atomic mass is 127. The average molecular weight is 503 g/mol. The minimum Gasteiger partial charge on any atom is -0.357 e. The highest BCUT2D eigenvalue weighted by Crippen LogP contribution is 2.16. The Hall–Kier alpha value is -1.35. The zero-order chi connectivity index (χ0) is 18.2. The number of nitrogens with zero attached hydrogens (tertiary/aromatic N) is 4. The molecule has 2 N–H and O–H groups in total. The highest BCUT2D eigenvalue weighted by Gasteiger charge is 2.14. The van der Waals surface area contributed by atoms with Crippen LogP contribution in [0.2, 0.25) is 5.02 Å². The standard InChI is InChI=1S/C19H27ClN6.HI/c1-2-21-19(23-14-15-8-5-6-9-16(15)20)22-12-11-18-25-24-17-10-4-3-7-13-26(17)18;/h5-6,8-9H,2-4,7,10-14H2,1H3,(H2,21,22,23);1H. The lowest BCUT2D eigenvalue weighted by Crippen LogP contribution is -2.38. The van der Waals surface area contributed by atoms with Crippen LogP contribution < -0.4 is 10.6 Å². The fourth-order valence-electron chi connectivity index (χ4n) is 3.16. The van der Waals surface area contributed by atoms with E-state index < -0.39 is 0 Å².